The van der Waals surface area contributed by atoms with Crippen LogP contribution in [0, 0.1) is 6.92 Å². The molecule has 4 heteroatoms. The highest BCUT2D eigenvalue weighted by atomic mass is 16.4. The van der Waals surface area contributed by atoms with Gasteiger partial charge in [0, 0.05) is 30.1 Å². The van der Waals surface area contributed by atoms with Gasteiger partial charge in [-0.1, -0.05) is 0 Å². The Labute approximate surface area is 93.1 Å². The quantitative estimate of drug-likeness (QED) is 0.861. The number of aliphatic carboxylic acids is 1. The number of hydrogen-bond acceptors (Lipinski definition) is 2. The summed E-state index contributed by atoms with van der Waals surface area (Å²) in [4.78, 5) is 10.5. The van der Waals surface area contributed by atoms with E-state index in [1.807, 2.05) is 30.8 Å². The van der Waals surface area contributed by atoms with E-state index in [2.05, 4.69) is 0 Å². The molecule has 0 spiro atoms. The molecule has 0 fully saturated rings. The Morgan fingerprint density at radius 2 is 2.31 bits per heavy atom. The van der Waals surface area contributed by atoms with Crippen molar-refractivity contribution in [1.82, 2.24) is 4.57 Å². The molecule has 0 saturated heterocycles. The van der Waals surface area contributed by atoms with E-state index in [9.17, 15) is 4.79 Å². The lowest BCUT2D eigenvalue weighted by molar-refractivity contribution is -0.136. The van der Waals surface area contributed by atoms with Crippen LogP contribution in [0.15, 0.2) is 29.0 Å². The first-order chi connectivity index (χ1) is 7.58. The van der Waals surface area contributed by atoms with E-state index in [4.69, 9.17) is 9.52 Å². The monoisotopic (exact) mass is 219 g/mol. The minimum absolute atomic E-state index is 0.00458. The van der Waals surface area contributed by atoms with Crippen LogP contribution in [0.25, 0.3) is 11.3 Å². The number of nitrogens with zero attached hydrogens (tertiary/aromatic N) is 1. The molecule has 0 aromatic carbocycles. The molecule has 2 rings (SSSR count). The second kappa shape index (κ2) is 3.89. The standard InChI is InChI=1S/C12H13NO3/c1-8-10(3-4-13(8)2)11-5-9(7-16-11)6-12(14)15/h3-5,7H,6H2,1-2H3,(H,14,15). The van der Waals surface area contributed by atoms with Gasteiger partial charge in [-0.3, -0.25) is 4.79 Å². The minimum Gasteiger partial charge on any atom is -0.481 e. The molecule has 0 aliphatic rings. The van der Waals surface area contributed by atoms with Gasteiger partial charge in [-0.15, -0.1) is 0 Å². The Hall–Kier alpha value is -1.97. The average molecular weight is 219 g/mol. The number of aromatic nitrogens is 1. The summed E-state index contributed by atoms with van der Waals surface area (Å²) in [6, 6.07) is 3.73. The molecule has 0 saturated carbocycles. The van der Waals surface area contributed by atoms with Crippen molar-refractivity contribution in [2.75, 3.05) is 0 Å². The Morgan fingerprint density at radius 1 is 1.56 bits per heavy atom. The van der Waals surface area contributed by atoms with Crippen molar-refractivity contribution < 1.29 is 14.3 Å². The normalized spacial score (nSPS) is 10.6. The fourth-order valence-electron chi connectivity index (χ4n) is 1.65. The van der Waals surface area contributed by atoms with Crippen LogP contribution in [0.4, 0.5) is 0 Å². The molecule has 2 aromatic rings. The van der Waals surface area contributed by atoms with Gasteiger partial charge < -0.3 is 14.1 Å². The number of aryl methyl sites for hydroxylation is 1. The maximum Gasteiger partial charge on any atom is 0.307 e. The SMILES string of the molecule is Cc1c(-c2cc(CC(=O)O)co2)ccn1C. The summed E-state index contributed by atoms with van der Waals surface area (Å²) < 4.78 is 7.36. The van der Waals surface area contributed by atoms with E-state index in [0.29, 0.717) is 11.3 Å². The highest BCUT2D eigenvalue weighted by molar-refractivity contribution is 5.71. The smallest absolute Gasteiger partial charge is 0.307 e. The third-order valence-corrected chi connectivity index (χ3v) is 2.66. The Morgan fingerprint density at radius 3 is 2.88 bits per heavy atom. The van der Waals surface area contributed by atoms with E-state index in [-0.39, 0.29) is 6.42 Å². The van der Waals surface area contributed by atoms with Gasteiger partial charge in [0.1, 0.15) is 5.76 Å². The summed E-state index contributed by atoms with van der Waals surface area (Å²) in [7, 11) is 1.96. The zero-order chi connectivity index (χ0) is 11.7. The van der Waals surface area contributed by atoms with Crippen LogP contribution in [0.3, 0.4) is 0 Å². The largest absolute Gasteiger partial charge is 0.481 e. The maximum atomic E-state index is 10.5. The van der Waals surface area contributed by atoms with Gasteiger partial charge in [0.15, 0.2) is 0 Å². The molecular weight excluding hydrogens is 206 g/mol. The molecular formula is C12H13NO3. The highest BCUT2D eigenvalue weighted by Crippen LogP contribution is 2.26. The van der Waals surface area contributed by atoms with Gasteiger partial charge >= 0.3 is 5.97 Å². The number of carboxylic acid groups (broad SMARTS) is 1. The number of hydrogen-bond donors (Lipinski definition) is 1. The van der Waals surface area contributed by atoms with Crippen molar-refractivity contribution in [3.8, 4) is 11.3 Å². The predicted octanol–water partition coefficient (Wildman–Crippen LogP) is 2.22. The summed E-state index contributed by atoms with van der Waals surface area (Å²) in [6.45, 7) is 1.99. The second-order valence-electron chi connectivity index (χ2n) is 3.82. The Balaban J connectivity index is 2.31. The number of carboxylic acids is 1. The molecule has 0 aliphatic carbocycles. The molecule has 1 N–H and O–H groups in total. The lowest BCUT2D eigenvalue weighted by Gasteiger charge is -1.97. The second-order valence-corrected chi connectivity index (χ2v) is 3.82. The van der Waals surface area contributed by atoms with Crippen molar-refractivity contribution in [1.29, 1.82) is 0 Å². The third-order valence-electron chi connectivity index (χ3n) is 2.66. The highest BCUT2D eigenvalue weighted by Gasteiger charge is 2.11. The summed E-state index contributed by atoms with van der Waals surface area (Å²) in [5.41, 5.74) is 2.78. The Kier molecular flexibility index (Phi) is 2.56. The molecule has 84 valence electrons. The van der Waals surface area contributed by atoms with E-state index in [1.165, 1.54) is 6.26 Å². The summed E-state index contributed by atoms with van der Waals surface area (Å²) >= 11 is 0. The van der Waals surface area contributed by atoms with Gasteiger partial charge in [-0.25, -0.2) is 0 Å². The van der Waals surface area contributed by atoms with Gasteiger partial charge in [0.05, 0.1) is 12.7 Å². The van der Waals surface area contributed by atoms with Crippen molar-refractivity contribution in [2.24, 2.45) is 7.05 Å². The van der Waals surface area contributed by atoms with Crippen LogP contribution in [0.2, 0.25) is 0 Å². The molecule has 16 heavy (non-hydrogen) atoms. The van der Waals surface area contributed by atoms with Crippen molar-refractivity contribution in [3.05, 3.63) is 35.9 Å². The lowest BCUT2D eigenvalue weighted by atomic mass is 10.1. The summed E-state index contributed by atoms with van der Waals surface area (Å²) in [6.07, 6.45) is 3.44. The fraction of sp³-hybridized carbons (Fsp3) is 0.250. The fourth-order valence-corrected chi connectivity index (χ4v) is 1.65. The zero-order valence-corrected chi connectivity index (χ0v) is 9.23. The van der Waals surface area contributed by atoms with E-state index in [0.717, 1.165) is 11.3 Å². The van der Waals surface area contributed by atoms with Gasteiger partial charge in [0.25, 0.3) is 0 Å². The first kappa shape index (κ1) is 10.5. The first-order valence-electron chi connectivity index (χ1n) is 4.99. The van der Waals surface area contributed by atoms with Crippen LogP contribution in [0.5, 0.6) is 0 Å². The Bertz CT molecular complexity index is 522. The predicted molar refractivity (Wildman–Crippen MR) is 59.2 cm³/mol. The molecule has 0 atom stereocenters. The molecule has 0 bridgehead atoms. The van der Waals surface area contributed by atoms with Crippen LogP contribution in [-0.2, 0) is 18.3 Å². The first-order valence-corrected chi connectivity index (χ1v) is 4.99. The van der Waals surface area contributed by atoms with Crippen LogP contribution < -0.4 is 0 Å². The molecule has 4 nitrogen and oxygen atoms in total. The van der Waals surface area contributed by atoms with Gasteiger partial charge in [-0.05, 0) is 19.1 Å². The molecule has 2 heterocycles. The van der Waals surface area contributed by atoms with Gasteiger partial charge in [-0.2, -0.15) is 0 Å². The number of rotatable bonds is 3. The van der Waals surface area contributed by atoms with Crippen molar-refractivity contribution in [2.45, 2.75) is 13.3 Å². The molecule has 0 unspecified atom stereocenters. The molecule has 2 aromatic heterocycles. The van der Waals surface area contributed by atoms with E-state index < -0.39 is 5.97 Å². The number of furan rings is 1. The van der Waals surface area contributed by atoms with Gasteiger partial charge in [0.2, 0.25) is 0 Å². The molecule has 0 amide bonds. The van der Waals surface area contributed by atoms with Crippen molar-refractivity contribution >= 4 is 5.97 Å². The summed E-state index contributed by atoms with van der Waals surface area (Å²) in [5, 5.41) is 8.66. The summed E-state index contributed by atoms with van der Waals surface area (Å²) in [5.74, 6) is -0.133. The van der Waals surface area contributed by atoms with Crippen LogP contribution in [-0.4, -0.2) is 15.6 Å². The average Bonchev–Trinajstić information content (AvgIpc) is 2.75. The van der Waals surface area contributed by atoms with Crippen LogP contribution >= 0.6 is 0 Å². The van der Waals surface area contributed by atoms with E-state index in [1.54, 1.807) is 6.07 Å². The number of carbonyl (C=O) groups is 1. The molecule has 0 aliphatic heterocycles. The van der Waals surface area contributed by atoms with Crippen molar-refractivity contribution in [3.63, 3.8) is 0 Å². The topological polar surface area (TPSA) is 55.4 Å². The zero-order valence-electron chi connectivity index (χ0n) is 9.23. The lowest BCUT2D eigenvalue weighted by Crippen LogP contribution is -1.97. The minimum atomic E-state index is -0.850. The van der Waals surface area contributed by atoms with Crippen LogP contribution in [0.1, 0.15) is 11.3 Å². The maximum absolute atomic E-state index is 10.5. The van der Waals surface area contributed by atoms with E-state index >= 15 is 0 Å². The third kappa shape index (κ3) is 1.86. The molecule has 0 radical (unpaired) electrons.